The first-order valence-corrected chi connectivity index (χ1v) is 12.6. The monoisotopic (exact) mass is 521 g/mol. The smallest absolute Gasteiger partial charge is 0.305 e. The predicted octanol–water partition coefficient (Wildman–Crippen LogP) is 4.05. The first-order chi connectivity index (χ1) is 19.0. The highest BCUT2D eigenvalue weighted by molar-refractivity contribution is 6.07. The van der Waals surface area contributed by atoms with E-state index >= 15 is 0 Å². The van der Waals surface area contributed by atoms with E-state index in [1.807, 2.05) is 60.7 Å². The Kier molecular flexibility index (Phi) is 7.58. The van der Waals surface area contributed by atoms with E-state index in [0.717, 1.165) is 17.5 Å². The van der Waals surface area contributed by atoms with Crippen LogP contribution in [0.4, 0.5) is 0 Å². The number of hydrogen-bond donors (Lipinski definition) is 3. The lowest BCUT2D eigenvalue weighted by molar-refractivity contribution is -0.121. The topological polar surface area (TPSA) is 126 Å². The third-order valence-corrected chi connectivity index (χ3v) is 6.59. The van der Waals surface area contributed by atoms with Gasteiger partial charge >= 0.3 is 5.91 Å². The lowest BCUT2D eigenvalue weighted by Gasteiger charge is -2.18. The van der Waals surface area contributed by atoms with E-state index < -0.39 is 17.7 Å². The average Bonchev–Trinajstić information content (AvgIpc) is 3.33. The molecule has 9 nitrogen and oxygen atoms in total. The molecule has 1 aliphatic carbocycles. The normalized spacial score (nSPS) is 13.5. The van der Waals surface area contributed by atoms with E-state index in [2.05, 4.69) is 26.4 Å². The number of nitrogens with one attached hydrogen (secondary N) is 3. The summed E-state index contributed by atoms with van der Waals surface area (Å²) in [6.45, 7) is 1.77. The van der Waals surface area contributed by atoms with Gasteiger partial charge in [-0.2, -0.15) is 5.10 Å². The molecule has 4 aromatic rings. The predicted molar refractivity (Wildman–Crippen MR) is 145 cm³/mol. The van der Waals surface area contributed by atoms with Crippen LogP contribution in [0.2, 0.25) is 0 Å². The molecule has 0 saturated heterocycles. The molecule has 0 saturated carbocycles. The number of hydrazine groups is 1. The van der Waals surface area contributed by atoms with Crippen LogP contribution in [0.15, 0.2) is 94.7 Å². The van der Waals surface area contributed by atoms with Gasteiger partial charge < -0.3 is 4.42 Å². The number of aryl methyl sites for hydroxylation is 1. The number of hydrazone groups is 1. The summed E-state index contributed by atoms with van der Waals surface area (Å²) in [4.78, 5) is 42.4. The van der Waals surface area contributed by atoms with Gasteiger partial charge in [-0.05, 0) is 43.0 Å². The van der Waals surface area contributed by atoms with E-state index in [-0.39, 0.29) is 11.7 Å². The molecule has 0 aliphatic heterocycles. The van der Waals surface area contributed by atoms with E-state index in [9.17, 15) is 14.4 Å². The maximum absolute atomic E-state index is 13.4. The minimum atomic E-state index is -0.582. The summed E-state index contributed by atoms with van der Waals surface area (Å²) in [7, 11) is 0. The number of nitrogens with zero attached hydrogens (tertiary/aromatic N) is 2. The van der Waals surface area contributed by atoms with Gasteiger partial charge in [0.25, 0.3) is 11.8 Å². The summed E-state index contributed by atoms with van der Waals surface area (Å²) in [5, 5.41) is 4.49. The molecular formula is C30H27N5O4. The molecule has 0 spiro atoms. The van der Waals surface area contributed by atoms with Crippen molar-refractivity contribution < 1.29 is 18.8 Å². The van der Waals surface area contributed by atoms with Crippen LogP contribution in [0, 0.1) is 6.92 Å². The summed E-state index contributed by atoms with van der Waals surface area (Å²) in [5.74, 6) is -1.14. The standard InChI is InChI=1S/C30H27N5O4/c1-19-25-23(32-34-29(37)26(20-9-4-2-5-10-20)21-11-6-3-7-12-21)13-8-14-24(25)39-27(19)30(38)35-33-28(36)22-15-17-31-18-16-22/h2-7,9-12,15-18,26H,8,13-14H2,1H3,(H,33,36)(H,34,37)(H,35,38)/b32-23+. The van der Waals surface area contributed by atoms with Gasteiger partial charge in [0.05, 0.1) is 11.6 Å². The SMILES string of the molecule is Cc1c(C(=O)NNC(=O)c2ccncc2)oc2c1/C(=N/NC(=O)C(c1ccccc1)c1ccccc1)CCC2. The Hall–Kier alpha value is -5.05. The van der Waals surface area contributed by atoms with E-state index in [1.54, 1.807) is 6.92 Å². The minimum absolute atomic E-state index is 0.0856. The lowest BCUT2D eigenvalue weighted by atomic mass is 9.90. The number of pyridine rings is 1. The van der Waals surface area contributed by atoms with Crippen LogP contribution >= 0.6 is 0 Å². The van der Waals surface area contributed by atoms with Gasteiger partial charge in [-0.15, -0.1) is 0 Å². The van der Waals surface area contributed by atoms with Gasteiger partial charge in [0.15, 0.2) is 5.76 Å². The number of rotatable bonds is 6. The highest BCUT2D eigenvalue weighted by Gasteiger charge is 2.29. The molecular weight excluding hydrogens is 494 g/mol. The first kappa shape index (κ1) is 25.6. The molecule has 196 valence electrons. The molecule has 3 amide bonds. The molecule has 0 atom stereocenters. The van der Waals surface area contributed by atoms with Crippen molar-refractivity contribution in [3.05, 3.63) is 125 Å². The molecule has 9 heteroatoms. The highest BCUT2D eigenvalue weighted by atomic mass is 16.4. The van der Waals surface area contributed by atoms with E-state index in [1.165, 1.54) is 24.5 Å². The fraction of sp³-hybridized carbons (Fsp3) is 0.167. The number of carbonyl (C=O) groups excluding carboxylic acids is 3. The molecule has 5 rings (SSSR count). The fourth-order valence-corrected chi connectivity index (χ4v) is 4.72. The fourth-order valence-electron chi connectivity index (χ4n) is 4.72. The van der Waals surface area contributed by atoms with Crippen LogP contribution < -0.4 is 16.3 Å². The minimum Gasteiger partial charge on any atom is -0.455 e. The maximum atomic E-state index is 13.4. The number of hydrogen-bond acceptors (Lipinski definition) is 6. The second-order valence-electron chi connectivity index (χ2n) is 9.14. The van der Waals surface area contributed by atoms with Gasteiger partial charge in [0.1, 0.15) is 5.76 Å². The van der Waals surface area contributed by atoms with Crippen molar-refractivity contribution >= 4 is 23.4 Å². The molecule has 3 N–H and O–H groups in total. The van der Waals surface area contributed by atoms with Crippen molar-refractivity contribution in [2.75, 3.05) is 0 Å². The van der Waals surface area contributed by atoms with Crippen molar-refractivity contribution in [3.8, 4) is 0 Å². The molecule has 39 heavy (non-hydrogen) atoms. The molecule has 0 unspecified atom stereocenters. The van der Waals surface area contributed by atoms with Gasteiger partial charge in [0, 0.05) is 35.5 Å². The molecule has 0 radical (unpaired) electrons. The third kappa shape index (κ3) is 5.62. The van der Waals surface area contributed by atoms with Crippen LogP contribution in [0.25, 0.3) is 0 Å². The molecule has 2 aromatic carbocycles. The van der Waals surface area contributed by atoms with Gasteiger partial charge in [-0.3, -0.25) is 30.2 Å². The van der Waals surface area contributed by atoms with Crippen LogP contribution in [0.3, 0.4) is 0 Å². The van der Waals surface area contributed by atoms with Gasteiger partial charge in [0.2, 0.25) is 0 Å². The summed E-state index contributed by atoms with van der Waals surface area (Å²) in [6.07, 6.45) is 4.99. The van der Waals surface area contributed by atoms with E-state index in [4.69, 9.17) is 4.42 Å². The summed E-state index contributed by atoms with van der Waals surface area (Å²) >= 11 is 0. The Bertz CT molecular complexity index is 1480. The second kappa shape index (κ2) is 11.6. The van der Waals surface area contributed by atoms with Crippen LogP contribution in [0.1, 0.15) is 67.7 Å². The molecule has 1 aliphatic rings. The second-order valence-corrected chi connectivity index (χ2v) is 9.14. The zero-order valence-electron chi connectivity index (χ0n) is 21.3. The first-order valence-electron chi connectivity index (χ1n) is 12.6. The zero-order chi connectivity index (χ0) is 27.2. The van der Waals surface area contributed by atoms with Crippen molar-refractivity contribution in [1.29, 1.82) is 0 Å². The summed E-state index contributed by atoms with van der Waals surface area (Å²) in [5.41, 5.74) is 11.6. The quantitative estimate of drug-likeness (QED) is 0.330. The molecule has 0 fully saturated rings. The summed E-state index contributed by atoms with van der Waals surface area (Å²) < 4.78 is 5.89. The zero-order valence-corrected chi connectivity index (χ0v) is 21.3. The maximum Gasteiger partial charge on any atom is 0.305 e. The van der Waals surface area contributed by atoms with Crippen molar-refractivity contribution in [2.24, 2.45) is 5.10 Å². The number of furan rings is 1. The third-order valence-electron chi connectivity index (χ3n) is 6.59. The number of carbonyl (C=O) groups is 3. The van der Waals surface area contributed by atoms with Gasteiger partial charge in [-0.25, -0.2) is 5.43 Å². The van der Waals surface area contributed by atoms with Crippen molar-refractivity contribution in [3.63, 3.8) is 0 Å². The van der Waals surface area contributed by atoms with Crippen molar-refractivity contribution in [2.45, 2.75) is 32.1 Å². The molecule has 0 bridgehead atoms. The van der Waals surface area contributed by atoms with Crippen LogP contribution in [0.5, 0.6) is 0 Å². The number of amides is 3. The average molecular weight is 522 g/mol. The Morgan fingerprint density at radius 3 is 2.10 bits per heavy atom. The number of benzene rings is 2. The largest absolute Gasteiger partial charge is 0.455 e. The molecule has 2 aromatic heterocycles. The van der Waals surface area contributed by atoms with Gasteiger partial charge in [-0.1, -0.05) is 60.7 Å². The van der Waals surface area contributed by atoms with Crippen LogP contribution in [-0.4, -0.2) is 28.4 Å². The Morgan fingerprint density at radius 1 is 0.846 bits per heavy atom. The number of fused-ring (bicyclic) bond motifs is 1. The summed E-state index contributed by atoms with van der Waals surface area (Å²) in [6, 6.07) is 22.2. The van der Waals surface area contributed by atoms with Crippen molar-refractivity contribution in [1.82, 2.24) is 21.3 Å². The Morgan fingerprint density at radius 2 is 1.46 bits per heavy atom. The Labute approximate surface area is 225 Å². The Balaban J connectivity index is 1.34. The lowest BCUT2D eigenvalue weighted by Crippen LogP contribution is -2.41. The van der Waals surface area contributed by atoms with Crippen LogP contribution in [-0.2, 0) is 11.2 Å². The number of aromatic nitrogens is 1. The highest BCUT2D eigenvalue weighted by Crippen LogP contribution is 2.30. The van der Waals surface area contributed by atoms with E-state index in [0.29, 0.717) is 41.0 Å². The molecule has 2 heterocycles.